The summed E-state index contributed by atoms with van der Waals surface area (Å²) in [6.07, 6.45) is -7.37. The lowest BCUT2D eigenvalue weighted by Crippen LogP contribution is -2.48. The van der Waals surface area contributed by atoms with E-state index < -0.39 is 47.1 Å². The van der Waals surface area contributed by atoms with E-state index in [0.29, 0.717) is 5.56 Å². The fourth-order valence-corrected chi connectivity index (χ4v) is 5.63. The van der Waals surface area contributed by atoms with Crippen LogP contribution in [0.1, 0.15) is 37.8 Å². The smallest absolute Gasteiger partial charge is 0.389 e. The largest absolute Gasteiger partial charge is 0.488 e. The van der Waals surface area contributed by atoms with Gasteiger partial charge in [-0.05, 0) is 44.2 Å². The SMILES string of the molecule is Cc1ccc(S(=O)(=O)N(C)C[C@@H]2Oc3ccc(NC(=O)CCC(F)(F)F)cc3CC(=O)N([C@@H](C)CO)C[C@@H]2C)cc1. The third-order valence-corrected chi connectivity index (χ3v) is 8.84. The van der Waals surface area contributed by atoms with Gasteiger partial charge in [-0.25, -0.2) is 8.42 Å². The molecule has 1 heterocycles. The van der Waals surface area contributed by atoms with Crippen LogP contribution in [0.25, 0.3) is 0 Å². The second kappa shape index (κ2) is 13.2. The zero-order chi connectivity index (χ0) is 30.5. The van der Waals surface area contributed by atoms with Crippen molar-refractivity contribution in [3.05, 3.63) is 53.6 Å². The van der Waals surface area contributed by atoms with Crippen LogP contribution in [0.5, 0.6) is 5.75 Å². The molecule has 41 heavy (non-hydrogen) atoms. The molecule has 3 atom stereocenters. The molecule has 226 valence electrons. The number of nitrogens with zero attached hydrogens (tertiary/aromatic N) is 2. The number of hydrogen-bond acceptors (Lipinski definition) is 6. The Morgan fingerprint density at radius 3 is 2.49 bits per heavy atom. The van der Waals surface area contributed by atoms with E-state index in [1.165, 1.54) is 46.6 Å². The van der Waals surface area contributed by atoms with Crippen LogP contribution in [-0.2, 0) is 26.0 Å². The molecule has 1 aliphatic heterocycles. The van der Waals surface area contributed by atoms with Crippen molar-refractivity contribution in [1.82, 2.24) is 9.21 Å². The molecule has 2 amide bonds. The molecule has 0 saturated carbocycles. The second-order valence-corrected chi connectivity index (χ2v) is 12.5. The van der Waals surface area contributed by atoms with E-state index in [1.54, 1.807) is 19.1 Å². The highest BCUT2D eigenvalue weighted by atomic mass is 32.2. The molecule has 3 rings (SSSR count). The topological polar surface area (TPSA) is 116 Å². The number of anilines is 1. The van der Waals surface area contributed by atoms with Crippen molar-refractivity contribution in [3.63, 3.8) is 0 Å². The Kier molecular flexibility index (Phi) is 10.4. The summed E-state index contributed by atoms with van der Waals surface area (Å²) in [6.45, 7) is 5.19. The van der Waals surface area contributed by atoms with Gasteiger partial charge in [-0.1, -0.05) is 24.6 Å². The molecule has 0 saturated heterocycles. The van der Waals surface area contributed by atoms with Crippen LogP contribution in [0, 0.1) is 12.8 Å². The molecule has 13 heteroatoms. The average Bonchev–Trinajstić information content (AvgIpc) is 2.94. The van der Waals surface area contributed by atoms with Crippen LogP contribution in [0.2, 0.25) is 0 Å². The number of rotatable bonds is 9. The minimum absolute atomic E-state index is 0.0533. The number of alkyl halides is 3. The molecule has 9 nitrogen and oxygen atoms in total. The Morgan fingerprint density at radius 2 is 1.88 bits per heavy atom. The summed E-state index contributed by atoms with van der Waals surface area (Å²) in [5.41, 5.74) is 1.47. The fraction of sp³-hybridized carbons (Fsp3) is 0.500. The van der Waals surface area contributed by atoms with Gasteiger partial charge in [-0.15, -0.1) is 0 Å². The summed E-state index contributed by atoms with van der Waals surface area (Å²) < 4.78 is 71.6. The summed E-state index contributed by atoms with van der Waals surface area (Å²) in [7, 11) is -2.42. The van der Waals surface area contributed by atoms with E-state index in [4.69, 9.17) is 4.74 Å². The Morgan fingerprint density at radius 1 is 1.22 bits per heavy atom. The molecule has 0 bridgehead atoms. The quantitative estimate of drug-likeness (QED) is 0.454. The summed E-state index contributed by atoms with van der Waals surface area (Å²) in [6, 6.07) is 10.3. The Labute approximate surface area is 238 Å². The lowest BCUT2D eigenvalue weighted by Gasteiger charge is -2.33. The van der Waals surface area contributed by atoms with Gasteiger partial charge < -0.3 is 20.1 Å². The van der Waals surface area contributed by atoms with Crippen molar-refractivity contribution in [2.24, 2.45) is 5.92 Å². The van der Waals surface area contributed by atoms with Crippen molar-refractivity contribution in [2.45, 2.75) is 63.3 Å². The molecular weight excluding hydrogens is 563 g/mol. The highest BCUT2D eigenvalue weighted by Gasteiger charge is 2.34. The van der Waals surface area contributed by atoms with Crippen molar-refractivity contribution in [1.29, 1.82) is 0 Å². The summed E-state index contributed by atoms with van der Waals surface area (Å²) >= 11 is 0. The zero-order valence-electron chi connectivity index (χ0n) is 23.4. The van der Waals surface area contributed by atoms with Crippen LogP contribution in [-0.4, -0.2) is 79.6 Å². The highest BCUT2D eigenvalue weighted by molar-refractivity contribution is 7.89. The number of nitrogens with one attached hydrogen (secondary N) is 1. The van der Waals surface area contributed by atoms with Crippen LogP contribution in [0.15, 0.2) is 47.4 Å². The van der Waals surface area contributed by atoms with E-state index in [2.05, 4.69) is 5.32 Å². The van der Waals surface area contributed by atoms with Gasteiger partial charge in [0.05, 0.1) is 36.9 Å². The van der Waals surface area contributed by atoms with Crippen LogP contribution in [0.3, 0.4) is 0 Å². The number of likely N-dealkylation sites (N-methyl/N-ethyl adjacent to an activating group) is 1. The molecule has 2 aromatic carbocycles. The molecular formula is C28H36F3N3O6S. The number of aryl methyl sites for hydroxylation is 1. The number of amides is 2. The Balaban J connectivity index is 1.92. The zero-order valence-corrected chi connectivity index (χ0v) is 24.3. The lowest BCUT2D eigenvalue weighted by atomic mass is 10.0. The van der Waals surface area contributed by atoms with E-state index in [9.17, 15) is 36.3 Å². The van der Waals surface area contributed by atoms with Crippen LogP contribution < -0.4 is 10.1 Å². The number of ether oxygens (including phenoxy) is 1. The van der Waals surface area contributed by atoms with E-state index >= 15 is 0 Å². The van der Waals surface area contributed by atoms with Crippen molar-refractivity contribution in [2.75, 3.05) is 32.1 Å². The predicted octanol–water partition coefficient (Wildman–Crippen LogP) is 3.75. The van der Waals surface area contributed by atoms with Crippen LogP contribution in [0.4, 0.5) is 18.9 Å². The third-order valence-electron chi connectivity index (χ3n) is 7.00. The summed E-state index contributed by atoms with van der Waals surface area (Å²) in [5.74, 6) is -1.24. The number of aliphatic hydroxyl groups is 1. The maximum Gasteiger partial charge on any atom is 0.389 e. The van der Waals surface area contributed by atoms with Gasteiger partial charge in [0.2, 0.25) is 21.8 Å². The van der Waals surface area contributed by atoms with Crippen molar-refractivity contribution < 1.29 is 41.0 Å². The number of hydrogen-bond donors (Lipinski definition) is 2. The first kappa shape index (κ1) is 32.4. The molecule has 2 N–H and O–H groups in total. The maximum atomic E-state index is 13.3. The minimum atomic E-state index is -4.47. The first-order chi connectivity index (χ1) is 19.1. The van der Waals surface area contributed by atoms with Gasteiger partial charge >= 0.3 is 6.18 Å². The molecule has 2 aromatic rings. The molecule has 1 aliphatic rings. The van der Waals surface area contributed by atoms with Gasteiger partial charge in [0.1, 0.15) is 11.9 Å². The number of halogens is 3. The van der Waals surface area contributed by atoms with E-state index in [-0.39, 0.29) is 54.3 Å². The first-order valence-corrected chi connectivity index (χ1v) is 14.6. The fourth-order valence-electron chi connectivity index (χ4n) is 4.45. The standard InChI is InChI=1S/C28H36F3N3O6S/c1-18-5-8-23(9-6-18)41(38,39)33(4)16-25-19(2)15-34(20(3)17-35)27(37)14-21-13-22(7-10-24(21)40-25)32-26(36)11-12-28(29,30)31/h5-10,13,19-20,25,35H,11-12,14-17H2,1-4H3,(H,32,36)/t19-,20-,25-/m0/s1. The van der Waals surface area contributed by atoms with Gasteiger partial charge in [0.15, 0.2) is 0 Å². The van der Waals surface area contributed by atoms with Gasteiger partial charge in [0, 0.05) is 37.2 Å². The maximum absolute atomic E-state index is 13.3. The van der Waals surface area contributed by atoms with Crippen molar-refractivity contribution >= 4 is 27.5 Å². The number of carbonyl (C=O) groups excluding carboxylic acids is 2. The molecule has 0 unspecified atom stereocenters. The Bertz CT molecular complexity index is 1330. The number of aliphatic hydroxyl groups excluding tert-OH is 1. The number of benzene rings is 2. The molecule has 0 fully saturated rings. The van der Waals surface area contributed by atoms with Gasteiger partial charge in [0.25, 0.3) is 0 Å². The van der Waals surface area contributed by atoms with E-state index in [0.717, 1.165) is 5.56 Å². The molecule has 0 radical (unpaired) electrons. The number of sulfonamides is 1. The van der Waals surface area contributed by atoms with Gasteiger partial charge in [-0.2, -0.15) is 17.5 Å². The monoisotopic (exact) mass is 599 g/mol. The van der Waals surface area contributed by atoms with Crippen LogP contribution >= 0.6 is 0 Å². The summed E-state index contributed by atoms with van der Waals surface area (Å²) in [5, 5.41) is 12.2. The minimum Gasteiger partial charge on any atom is -0.488 e. The Hall–Kier alpha value is -3.16. The molecule has 0 spiro atoms. The van der Waals surface area contributed by atoms with E-state index in [1.807, 2.05) is 13.8 Å². The first-order valence-electron chi connectivity index (χ1n) is 13.2. The lowest BCUT2D eigenvalue weighted by molar-refractivity contribution is -0.142. The van der Waals surface area contributed by atoms with Crippen molar-refractivity contribution in [3.8, 4) is 5.75 Å². The third kappa shape index (κ3) is 8.66. The number of fused-ring (bicyclic) bond motifs is 1. The average molecular weight is 600 g/mol. The predicted molar refractivity (Wildman–Crippen MR) is 147 cm³/mol. The normalized spacial score (nSPS) is 19.0. The molecule has 0 aromatic heterocycles. The van der Waals surface area contributed by atoms with Gasteiger partial charge in [-0.3, -0.25) is 9.59 Å². The number of carbonyl (C=O) groups is 2. The second-order valence-electron chi connectivity index (χ2n) is 10.5. The summed E-state index contributed by atoms with van der Waals surface area (Å²) in [4.78, 5) is 27.0. The highest BCUT2D eigenvalue weighted by Crippen LogP contribution is 2.30. The molecule has 0 aliphatic carbocycles.